The molecule has 0 radical (unpaired) electrons. The van der Waals surface area contributed by atoms with Crippen LogP contribution in [0.4, 0.5) is 0 Å². The summed E-state index contributed by atoms with van der Waals surface area (Å²) in [5, 5.41) is 9.41. The average molecular weight is 327 g/mol. The number of methoxy groups -OCH3 is 1. The number of ether oxygens (including phenoxy) is 1. The molecule has 2 rings (SSSR count). The average Bonchev–Trinajstić information content (AvgIpc) is 2.53. The number of aliphatic hydroxyl groups is 1. The lowest BCUT2D eigenvalue weighted by Crippen LogP contribution is -2.45. The first-order valence-electron chi connectivity index (χ1n) is 7.23. The monoisotopic (exact) mass is 327 g/mol. The van der Waals surface area contributed by atoms with Gasteiger partial charge in [0.25, 0.3) is 0 Å². The Hall–Kier alpha value is -1.44. The zero-order chi connectivity index (χ0) is 16.3. The van der Waals surface area contributed by atoms with Crippen LogP contribution in [0, 0.1) is 6.92 Å². The van der Waals surface area contributed by atoms with Gasteiger partial charge in [-0.2, -0.15) is 4.31 Å². The second kappa shape index (κ2) is 6.76. The molecule has 0 saturated carbocycles. The van der Waals surface area contributed by atoms with E-state index in [1.807, 2.05) is 0 Å². The summed E-state index contributed by atoms with van der Waals surface area (Å²) < 4.78 is 31.5. The summed E-state index contributed by atoms with van der Waals surface area (Å²) >= 11 is 0. The third-order valence-electron chi connectivity index (χ3n) is 3.99. The highest BCUT2D eigenvalue weighted by Crippen LogP contribution is 2.26. The van der Waals surface area contributed by atoms with Gasteiger partial charge < -0.3 is 9.84 Å². The maximum Gasteiger partial charge on any atom is 0.338 e. The lowest BCUT2D eigenvalue weighted by atomic mass is 10.1. The number of nitrogens with zero attached hydrogens (tertiary/aromatic N) is 1. The number of sulfonamides is 1. The Kier molecular flexibility index (Phi) is 5.20. The van der Waals surface area contributed by atoms with Gasteiger partial charge in [-0.15, -0.1) is 0 Å². The van der Waals surface area contributed by atoms with Crippen molar-refractivity contribution in [1.29, 1.82) is 0 Å². The van der Waals surface area contributed by atoms with Crippen molar-refractivity contribution in [3.63, 3.8) is 0 Å². The molecule has 1 fully saturated rings. The van der Waals surface area contributed by atoms with Crippen molar-refractivity contribution < 1.29 is 23.1 Å². The van der Waals surface area contributed by atoms with Crippen LogP contribution in [0.2, 0.25) is 0 Å². The number of esters is 1. The molecule has 1 aromatic rings. The molecule has 0 amide bonds. The van der Waals surface area contributed by atoms with Crippen LogP contribution in [0.25, 0.3) is 0 Å². The number of hydrogen-bond acceptors (Lipinski definition) is 5. The van der Waals surface area contributed by atoms with E-state index in [0.717, 1.165) is 12.8 Å². The Labute approximate surface area is 130 Å². The molecule has 0 bridgehead atoms. The van der Waals surface area contributed by atoms with Crippen LogP contribution in [-0.2, 0) is 14.8 Å². The van der Waals surface area contributed by atoms with Crippen LogP contribution in [0.1, 0.15) is 35.2 Å². The molecule has 0 aromatic heterocycles. The minimum absolute atomic E-state index is 0.137. The van der Waals surface area contributed by atoms with Crippen LogP contribution in [-0.4, -0.2) is 50.1 Å². The van der Waals surface area contributed by atoms with Gasteiger partial charge in [0.05, 0.1) is 24.2 Å². The minimum Gasteiger partial charge on any atom is -0.465 e. The molecule has 1 aromatic carbocycles. The van der Waals surface area contributed by atoms with E-state index in [0.29, 0.717) is 24.1 Å². The molecule has 6 nitrogen and oxygen atoms in total. The fourth-order valence-corrected chi connectivity index (χ4v) is 4.51. The van der Waals surface area contributed by atoms with E-state index in [1.54, 1.807) is 6.92 Å². The fraction of sp³-hybridized carbons (Fsp3) is 0.533. The number of piperidine rings is 1. The summed E-state index contributed by atoms with van der Waals surface area (Å²) in [6, 6.07) is 3.98. The van der Waals surface area contributed by atoms with E-state index < -0.39 is 16.0 Å². The van der Waals surface area contributed by atoms with Gasteiger partial charge in [-0.1, -0.05) is 6.42 Å². The number of aliphatic hydroxyl groups excluding tert-OH is 1. The Balaban J connectivity index is 2.37. The molecular formula is C15H21NO5S. The summed E-state index contributed by atoms with van der Waals surface area (Å²) in [5.74, 6) is -0.493. The summed E-state index contributed by atoms with van der Waals surface area (Å²) in [4.78, 5) is 11.7. The van der Waals surface area contributed by atoms with E-state index in [-0.39, 0.29) is 17.5 Å². The summed E-state index contributed by atoms with van der Waals surface area (Å²) in [7, 11) is -2.39. The summed E-state index contributed by atoms with van der Waals surface area (Å²) in [5.41, 5.74) is 0.893. The van der Waals surface area contributed by atoms with Gasteiger partial charge in [0.2, 0.25) is 10.0 Å². The number of carbonyl (C=O) groups is 1. The number of carbonyl (C=O) groups excluding carboxylic acids is 1. The molecule has 1 N–H and O–H groups in total. The molecule has 1 aliphatic heterocycles. The van der Waals surface area contributed by atoms with Crippen LogP contribution < -0.4 is 0 Å². The van der Waals surface area contributed by atoms with E-state index in [1.165, 1.54) is 29.6 Å². The highest BCUT2D eigenvalue weighted by atomic mass is 32.2. The Bertz CT molecular complexity index is 656. The Morgan fingerprint density at radius 2 is 2.14 bits per heavy atom. The molecule has 1 unspecified atom stereocenters. The zero-order valence-electron chi connectivity index (χ0n) is 12.8. The number of rotatable bonds is 4. The van der Waals surface area contributed by atoms with E-state index >= 15 is 0 Å². The normalized spacial score (nSPS) is 19.9. The number of hydrogen-bond donors (Lipinski definition) is 1. The zero-order valence-corrected chi connectivity index (χ0v) is 13.6. The van der Waals surface area contributed by atoms with Gasteiger partial charge >= 0.3 is 5.97 Å². The standard InChI is InChI=1S/C15H21NO5S/c1-11-9-13(6-7-14(11)15(18)21-2)22(19,20)16-8-4-3-5-12(16)10-17/h6-7,9,12,17H,3-5,8,10H2,1-2H3. The van der Waals surface area contributed by atoms with Gasteiger partial charge in [0.1, 0.15) is 0 Å². The lowest BCUT2D eigenvalue weighted by molar-refractivity contribution is 0.0600. The van der Waals surface area contributed by atoms with E-state index in [9.17, 15) is 18.3 Å². The molecule has 1 aliphatic rings. The van der Waals surface area contributed by atoms with Crippen molar-refractivity contribution in [3.8, 4) is 0 Å². The third kappa shape index (κ3) is 3.16. The van der Waals surface area contributed by atoms with Crippen molar-refractivity contribution in [2.75, 3.05) is 20.3 Å². The van der Waals surface area contributed by atoms with E-state index in [2.05, 4.69) is 4.74 Å². The van der Waals surface area contributed by atoms with Crippen LogP contribution >= 0.6 is 0 Å². The summed E-state index contributed by atoms with van der Waals surface area (Å²) in [6.45, 7) is 1.90. The molecule has 122 valence electrons. The number of benzene rings is 1. The maximum absolute atomic E-state index is 12.8. The van der Waals surface area contributed by atoms with Crippen molar-refractivity contribution >= 4 is 16.0 Å². The molecule has 1 saturated heterocycles. The molecule has 0 aliphatic carbocycles. The predicted molar refractivity (Wildman–Crippen MR) is 81.1 cm³/mol. The van der Waals surface area contributed by atoms with Crippen LogP contribution in [0.5, 0.6) is 0 Å². The highest BCUT2D eigenvalue weighted by Gasteiger charge is 2.33. The van der Waals surface area contributed by atoms with Crippen molar-refractivity contribution in [3.05, 3.63) is 29.3 Å². The van der Waals surface area contributed by atoms with Crippen LogP contribution in [0.3, 0.4) is 0 Å². The third-order valence-corrected chi connectivity index (χ3v) is 5.94. The number of aryl methyl sites for hydroxylation is 1. The highest BCUT2D eigenvalue weighted by molar-refractivity contribution is 7.89. The van der Waals surface area contributed by atoms with Gasteiger partial charge in [-0.25, -0.2) is 13.2 Å². The van der Waals surface area contributed by atoms with Gasteiger partial charge in [-0.05, 0) is 43.5 Å². The molecule has 7 heteroatoms. The SMILES string of the molecule is COC(=O)c1ccc(S(=O)(=O)N2CCCCC2CO)cc1C. The van der Waals surface area contributed by atoms with Gasteiger partial charge in [0.15, 0.2) is 0 Å². The first-order chi connectivity index (χ1) is 10.4. The lowest BCUT2D eigenvalue weighted by Gasteiger charge is -2.33. The van der Waals surface area contributed by atoms with Gasteiger partial charge in [0, 0.05) is 12.6 Å². The predicted octanol–water partition coefficient (Wildman–Crippen LogP) is 1.32. The van der Waals surface area contributed by atoms with Crippen molar-refractivity contribution in [2.24, 2.45) is 0 Å². The van der Waals surface area contributed by atoms with Crippen LogP contribution in [0.15, 0.2) is 23.1 Å². The molecular weight excluding hydrogens is 306 g/mol. The second-order valence-corrected chi connectivity index (χ2v) is 7.31. The van der Waals surface area contributed by atoms with Gasteiger partial charge in [-0.3, -0.25) is 0 Å². The second-order valence-electron chi connectivity index (χ2n) is 5.42. The molecule has 1 heterocycles. The minimum atomic E-state index is -3.67. The Morgan fingerprint density at radius 3 is 2.73 bits per heavy atom. The quantitative estimate of drug-likeness (QED) is 0.843. The maximum atomic E-state index is 12.8. The fourth-order valence-electron chi connectivity index (χ4n) is 2.74. The Morgan fingerprint density at radius 1 is 1.41 bits per heavy atom. The topological polar surface area (TPSA) is 83.9 Å². The molecule has 0 spiro atoms. The summed E-state index contributed by atoms with van der Waals surface area (Å²) in [6.07, 6.45) is 2.36. The first kappa shape index (κ1) is 16.9. The van der Waals surface area contributed by atoms with Crippen molar-refractivity contribution in [1.82, 2.24) is 4.31 Å². The molecule has 1 atom stereocenters. The largest absolute Gasteiger partial charge is 0.465 e. The van der Waals surface area contributed by atoms with E-state index in [4.69, 9.17) is 0 Å². The first-order valence-corrected chi connectivity index (χ1v) is 8.67. The smallest absolute Gasteiger partial charge is 0.338 e. The molecule has 22 heavy (non-hydrogen) atoms. The van der Waals surface area contributed by atoms with Crippen molar-refractivity contribution in [2.45, 2.75) is 37.1 Å².